The van der Waals surface area contributed by atoms with Crippen LogP contribution in [0.5, 0.6) is 0 Å². The summed E-state index contributed by atoms with van der Waals surface area (Å²) >= 11 is 5.79. The zero-order valence-corrected chi connectivity index (χ0v) is 8.46. The summed E-state index contributed by atoms with van der Waals surface area (Å²) in [6, 6.07) is 1.81. The Labute approximate surface area is 83.5 Å². The predicted octanol–water partition coefficient (Wildman–Crippen LogP) is 1.58. The molecule has 0 aromatic carbocycles. The minimum Gasteiger partial charge on any atom is -0.310 e. The van der Waals surface area contributed by atoms with Crippen LogP contribution in [-0.4, -0.2) is 21.9 Å². The molecule has 0 saturated heterocycles. The molecule has 1 aromatic heterocycles. The third kappa shape index (κ3) is 4.80. The van der Waals surface area contributed by atoms with E-state index in [2.05, 4.69) is 15.3 Å². The van der Waals surface area contributed by atoms with Crippen molar-refractivity contribution in [2.45, 2.75) is 25.3 Å². The minimum atomic E-state index is 0.226. The summed E-state index contributed by atoms with van der Waals surface area (Å²) in [6.07, 6.45) is 4.46. The molecule has 1 heterocycles. The Morgan fingerprint density at radius 1 is 1.46 bits per heavy atom. The Morgan fingerprint density at radius 3 is 2.77 bits per heavy atom. The van der Waals surface area contributed by atoms with Gasteiger partial charge in [0.2, 0.25) is 0 Å². The molecular formula is C9H14ClN3. The second-order valence-electron chi connectivity index (χ2n) is 2.91. The molecule has 0 bridgehead atoms. The summed E-state index contributed by atoms with van der Waals surface area (Å²) in [7, 11) is 0. The Balaban J connectivity index is 2.13. The Bertz CT molecular complexity index is 226. The average molecular weight is 200 g/mol. The van der Waals surface area contributed by atoms with E-state index in [0.717, 1.165) is 18.8 Å². The molecule has 0 radical (unpaired) electrons. The standard InChI is InChI=1S/C9H14ClN3/c1-8(10)3-6-11-7-9-12-4-2-5-13-9/h2,4-5,8,11H,3,6-7H2,1H3. The van der Waals surface area contributed by atoms with Gasteiger partial charge in [0.15, 0.2) is 0 Å². The highest BCUT2D eigenvalue weighted by Gasteiger charge is 1.96. The lowest BCUT2D eigenvalue weighted by Crippen LogP contribution is -2.18. The number of rotatable bonds is 5. The molecule has 3 nitrogen and oxygen atoms in total. The van der Waals surface area contributed by atoms with E-state index in [1.165, 1.54) is 0 Å². The zero-order chi connectivity index (χ0) is 9.52. The summed E-state index contributed by atoms with van der Waals surface area (Å²) in [4.78, 5) is 8.18. The van der Waals surface area contributed by atoms with Gasteiger partial charge in [-0.3, -0.25) is 0 Å². The average Bonchev–Trinajstić information content (AvgIpc) is 2.14. The van der Waals surface area contributed by atoms with Crippen LogP contribution < -0.4 is 5.32 Å². The van der Waals surface area contributed by atoms with Gasteiger partial charge >= 0.3 is 0 Å². The molecule has 1 unspecified atom stereocenters. The number of hydrogen-bond donors (Lipinski definition) is 1. The molecule has 4 heteroatoms. The molecule has 0 amide bonds. The first kappa shape index (κ1) is 10.4. The molecule has 1 rings (SSSR count). The van der Waals surface area contributed by atoms with Gasteiger partial charge in [0, 0.05) is 17.8 Å². The SMILES string of the molecule is CC(Cl)CCNCc1ncccn1. The second-order valence-corrected chi connectivity index (χ2v) is 3.66. The van der Waals surface area contributed by atoms with Gasteiger partial charge in [0.1, 0.15) is 5.82 Å². The minimum absolute atomic E-state index is 0.226. The number of alkyl halides is 1. The first-order valence-electron chi connectivity index (χ1n) is 4.39. The van der Waals surface area contributed by atoms with E-state index in [1.54, 1.807) is 12.4 Å². The number of nitrogens with zero attached hydrogens (tertiary/aromatic N) is 2. The Hall–Kier alpha value is -0.670. The molecule has 0 aliphatic carbocycles. The number of nitrogens with one attached hydrogen (secondary N) is 1. The van der Waals surface area contributed by atoms with Crippen molar-refractivity contribution in [1.29, 1.82) is 0 Å². The van der Waals surface area contributed by atoms with Crippen LogP contribution >= 0.6 is 11.6 Å². The van der Waals surface area contributed by atoms with E-state index in [1.807, 2.05) is 13.0 Å². The molecule has 0 spiro atoms. The van der Waals surface area contributed by atoms with Crippen molar-refractivity contribution in [2.75, 3.05) is 6.54 Å². The highest BCUT2D eigenvalue weighted by Crippen LogP contribution is 1.97. The monoisotopic (exact) mass is 199 g/mol. The van der Waals surface area contributed by atoms with Crippen molar-refractivity contribution in [2.24, 2.45) is 0 Å². The van der Waals surface area contributed by atoms with E-state index in [0.29, 0.717) is 6.54 Å². The topological polar surface area (TPSA) is 37.8 Å². The first-order chi connectivity index (χ1) is 6.29. The predicted molar refractivity (Wildman–Crippen MR) is 53.7 cm³/mol. The third-order valence-electron chi connectivity index (χ3n) is 1.62. The fourth-order valence-electron chi connectivity index (χ4n) is 0.922. The quantitative estimate of drug-likeness (QED) is 0.578. The molecule has 0 saturated carbocycles. The van der Waals surface area contributed by atoms with Crippen LogP contribution in [0.15, 0.2) is 18.5 Å². The molecule has 0 aliphatic heterocycles. The summed E-state index contributed by atoms with van der Waals surface area (Å²) in [5.41, 5.74) is 0. The fraction of sp³-hybridized carbons (Fsp3) is 0.556. The second kappa shape index (κ2) is 5.89. The van der Waals surface area contributed by atoms with Gasteiger partial charge < -0.3 is 5.32 Å². The number of hydrogen-bond acceptors (Lipinski definition) is 3. The summed E-state index contributed by atoms with van der Waals surface area (Å²) in [5.74, 6) is 0.824. The van der Waals surface area contributed by atoms with E-state index in [-0.39, 0.29) is 5.38 Å². The van der Waals surface area contributed by atoms with Crippen LogP contribution in [-0.2, 0) is 6.54 Å². The number of halogens is 1. The van der Waals surface area contributed by atoms with Crippen molar-refractivity contribution >= 4 is 11.6 Å². The van der Waals surface area contributed by atoms with Gasteiger partial charge in [-0.2, -0.15) is 0 Å². The van der Waals surface area contributed by atoms with E-state index >= 15 is 0 Å². The van der Waals surface area contributed by atoms with Crippen LogP contribution in [0.1, 0.15) is 19.2 Å². The molecule has 0 aliphatic rings. The van der Waals surface area contributed by atoms with Crippen molar-refractivity contribution in [3.63, 3.8) is 0 Å². The van der Waals surface area contributed by atoms with Gasteiger partial charge in [-0.15, -0.1) is 11.6 Å². The lowest BCUT2D eigenvalue weighted by molar-refractivity contribution is 0.625. The van der Waals surface area contributed by atoms with Gasteiger partial charge in [-0.1, -0.05) is 0 Å². The largest absolute Gasteiger partial charge is 0.310 e. The van der Waals surface area contributed by atoms with Crippen LogP contribution in [0.25, 0.3) is 0 Å². The molecular weight excluding hydrogens is 186 g/mol. The molecule has 1 aromatic rings. The lowest BCUT2D eigenvalue weighted by atomic mass is 10.3. The van der Waals surface area contributed by atoms with Crippen molar-refractivity contribution in [3.8, 4) is 0 Å². The van der Waals surface area contributed by atoms with Gasteiger partial charge in [0.05, 0.1) is 6.54 Å². The summed E-state index contributed by atoms with van der Waals surface area (Å²) < 4.78 is 0. The van der Waals surface area contributed by atoms with E-state index in [9.17, 15) is 0 Å². The maximum atomic E-state index is 5.79. The van der Waals surface area contributed by atoms with E-state index in [4.69, 9.17) is 11.6 Å². The normalized spacial score (nSPS) is 12.8. The zero-order valence-electron chi connectivity index (χ0n) is 7.70. The maximum absolute atomic E-state index is 5.79. The molecule has 13 heavy (non-hydrogen) atoms. The summed E-state index contributed by atoms with van der Waals surface area (Å²) in [6.45, 7) is 3.61. The van der Waals surface area contributed by atoms with Crippen LogP contribution in [0.4, 0.5) is 0 Å². The Morgan fingerprint density at radius 2 is 2.15 bits per heavy atom. The fourth-order valence-corrected chi connectivity index (χ4v) is 1.03. The molecule has 1 N–H and O–H groups in total. The number of aromatic nitrogens is 2. The first-order valence-corrected chi connectivity index (χ1v) is 4.83. The highest BCUT2D eigenvalue weighted by molar-refractivity contribution is 6.20. The Kier molecular flexibility index (Phi) is 4.72. The van der Waals surface area contributed by atoms with Crippen LogP contribution in [0.3, 0.4) is 0 Å². The van der Waals surface area contributed by atoms with E-state index < -0.39 is 0 Å². The van der Waals surface area contributed by atoms with Gasteiger partial charge in [-0.05, 0) is 26.0 Å². The highest BCUT2D eigenvalue weighted by atomic mass is 35.5. The molecule has 1 atom stereocenters. The van der Waals surface area contributed by atoms with Crippen molar-refractivity contribution in [3.05, 3.63) is 24.3 Å². The van der Waals surface area contributed by atoms with Crippen molar-refractivity contribution < 1.29 is 0 Å². The molecule has 72 valence electrons. The van der Waals surface area contributed by atoms with Crippen LogP contribution in [0.2, 0.25) is 0 Å². The van der Waals surface area contributed by atoms with Gasteiger partial charge in [-0.25, -0.2) is 9.97 Å². The van der Waals surface area contributed by atoms with Crippen LogP contribution in [0, 0.1) is 0 Å². The lowest BCUT2D eigenvalue weighted by Gasteiger charge is -2.04. The molecule has 0 fully saturated rings. The maximum Gasteiger partial charge on any atom is 0.141 e. The van der Waals surface area contributed by atoms with Crippen molar-refractivity contribution in [1.82, 2.24) is 15.3 Å². The smallest absolute Gasteiger partial charge is 0.141 e. The summed E-state index contributed by atoms with van der Waals surface area (Å²) in [5, 5.41) is 3.45. The van der Waals surface area contributed by atoms with Gasteiger partial charge in [0.25, 0.3) is 0 Å². The third-order valence-corrected chi connectivity index (χ3v) is 1.84.